The molecule has 1 atom stereocenters. The fraction of sp³-hybridized carbons (Fsp3) is 0.333. The summed E-state index contributed by atoms with van der Waals surface area (Å²) in [5.41, 5.74) is 14.3. The first-order chi connectivity index (χ1) is 6.11. The van der Waals surface area contributed by atoms with Gasteiger partial charge in [-0.15, -0.1) is 0 Å². The quantitative estimate of drug-likeness (QED) is 0.656. The molecule has 0 heterocycles. The van der Waals surface area contributed by atoms with Crippen molar-refractivity contribution in [2.75, 3.05) is 5.73 Å². The van der Waals surface area contributed by atoms with Crippen molar-refractivity contribution >= 4 is 28.9 Å². The van der Waals surface area contributed by atoms with Crippen molar-refractivity contribution in [2.24, 2.45) is 5.73 Å². The third-order valence-electron chi connectivity index (χ3n) is 2.49. The molecule has 0 amide bonds. The zero-order valence-corrected chi connectivity index (χ0v) is 8.49. The number of anilines is 1. The number of hydrogen-bond donors (Lipinski definition) is 2. The Kier molecular flexibility index (Phi) is 2.14. The lowest BCUT2D eigenvalue weighted by molar-refractivity contribution is 0.713. The Morgan fingerprint density at radius 2 is 2.00 bits per heavy atom. The maximum absolute atomic E-state index is 6.02. The van der Waals surface area contributed by atoms with Crippen molar-refractivity contribution in [3.8, 4) is 0 Å². The molecule has 0 spiro atoms. The summed E-state index contributed by atoms with van der Waals surface area (Å²) in [4.78, 5) is 0. The van der Waals surface area contributed by atoms with Gasteiger partial charge in [0, 0.05) is 11.1 Å². The second-order valence-corrected chi connectivity index (χ2v) is 4.11. The lowest BCUT2D eigenvalue weighted by atomic mass is 10.1. The highest BCUT2D eigenvalue weighted by Crippen LogP contribution is 2.41. The molecule has 0 unspecified atom stereocenters. The van der Waals surface area contributed by atoms with Crippen LogP contribution in [0.1, 0.15) is 23.6 Å². The molecule has 1 aliphatic carbocycles. The third-order valence-corrected chi connectivity index (χ3v) is 3.12. The number of nitrogens with two attached hydrogens (primary N) is 2. The highest BCUT2D eigenvalue weighted by Gasteiger charge is 2.25. The van der Waals surface area contributed by atoms with Crippen LogP contribution >= 0.6 is 23.2 Å². The van der Waals surface area contributed by atoms with Crippen molar-refractivity contribution in [3.63, 3.8) is 0 Å². The molecule has 0 aromatic heterocycles. The summed E-state index contributed by atoms with van der Waals surface area (Å²) in [6, 6.07) is 1.68. The van der Waals surface area contributed by atoms with Crippen LogP contribution in [-0.4, -0.2) is 0 Å². The third kappa shape index (κ3) is 1.30. The summed E-state index contributed by atoms with van der Waals surface area (Å²) >= 11 is 11.9. The molecule has 1 aliphatic rings. The Bertz CT molecular complexity index is 363. The van der Waals surface area contributed by atoms with Gasteiger partial charge in [-0.25, -0.2) is 0 Å². The Balaban J connectivity index is 2.69. The molecule has 0 bridgehead atoms. The molecule has 0 aliphatic heterocycles. The molecule has 4 heteroatoms. The summed E-state index contributed by atoms with van der Waals surface area (Å²) in [7, 11) is 0. The molecule has 0 radical (unpaired) electrons. The van der Waals surface area contributed by atoms with Gasteiger partial charge in [-0.3, -0.25) is 0 Å². The van der Waals surface area contributed by atoms with E-state index in [1.54, 1.807) is 6.07 Å². The standard InChI is InChI=1S/C9H10Cl2N2/c10-5-3-6(11)9(13)4-1-2-7(12)8(4)5/h3,7H,1-2,12-13H2/t7-/m1/s1. The fourth-order valence-corrected chi connectivity index (χ4v) is 2.46. The van der Waals surface area contributed by atoms with Gasteiger partial charge < -0.3 is 11.5 Å². The van der Waals surface area contributed by atoms with Crippen molar-refractivity contribution < 1.29 is 0 Å². The van der Waals surface area contributed by atoms with E-state index in [1.807, 2.05) is 0 Å². The maximum Gasteiger partial charge on any atom is 0.0653 e. The second kappa shape index (κ2) is 3.05. The minimum Gasteiger partial charge on any atom is -0.397 e. The van der Waals surface area contributed by atoms with Crippen LogP contribution in [0.3, 0.4) is 0 Å². The van der Waals surface area contributed by atoms with Crippen LogP contribution < -0.4 is 11.5 Å². The molecule has 70 valence electrons. The number of hydrogen-bond acceptors (Lipinski definition) is 2. The number of halogens is 2. The predicted molar refractivity (Wildman–Crippen MR) is 56.1 cm³/mol. The Morgan fingerprint density at radius 3 is 2.69 bits per heavy atom. The predicted octanol–water partition coefficient (Wildman–Crippen LogP) is 2.52. The second-order valence-electron chi connectivity index (χ2n) is 3.29. The molecule has 4 N–H and O–H groups in total. The van der Waals surface area contributed by atoms with Crippen molar-refractivity contribution in [3.05, 3.63) is 27.2 Å². The summed E-state index contributed by atoms with van der Waals surface area (Å²) < 4.78 is 0. The van der Waals surface area contributed by atoms with Crippen LogP contribution in [0.5, 0.6) is 0 Å². The van der Waals surface area contributed by atoms with Gasteiger partial charge in [-0.1, -0.05) is 23.2 Å². The van der Waals surface area contributed by atoms with E-state index in [0.717, 1.165) is 24.0 Å². The van der Waals surface area contributed by atoms with Crippen LogP contribution in [0, 0.1) is 0 Å². The molecular weight excluding hydrogens is 207 g/mol. The Morgan fingerprint density at radius 1 is 1.31 bits per heavy atom. The van der Waals surface area contributed by atoms with Gasteiger partial charge in [-0.2, -0.15) is 0 Å². The zero-order valence-electron chi connectivity index (χ0n) is 6.98. The average Bonchev–Trinajstić information content (AvgIpc) is 2.44. The molecule has 0 saturated heterocycles. The highest BCUT2D eigenvalue weighted by molar-refractivity contribution is 6.37. The van der Waals surface area contributed by atoms with Gasteiger partial charge >= 0.3 is 0 Å². The van der Waals surface area contributed by atoms with Crippen molar-refractivity contribution in [2.45, 2.75) is 18.9 Å². The molecule has 2 rings (SSSR count). The number of rotatable bonds is 0. The van der Waals surface area contributed by atoms with E-state index in [2.05, 4.69) is 0 Å². The van der Waals surface area contributed by atoms with Crippen molar-refractivity contribution in [1.29, 1.82) is 0 Å². The fourth-order valence-electron chi connectivity index (χ4n) is 1.81. The lowest BCUT2D eigenvalue weighted by Crippen LogP contribution is -2.06. The van der Waals surface area contributed by atoms with Gasteiger partial charge in [0.15, 0.2) is 0 Å². The maximum atomic E-state index is 6.02. The van der Waals surface area contributed by atoms with E-state index in [-0.39, 0.29) is 6.04 Å². The summed E-state index contributed by atoms with van der Waals surface area (Å²) in [6.45, 7) is 0. The van der Waals surface area contributed by atoms with Gasteiger partial charge in [0.25, 0.3) is 0 Å². The van der Waals surface area contributed by atoms with E-state index in [4.69, 9.17) is 34.7 Å². The van der Waals surface area contributed by atoms with Crippen molar-refractivity contribution in [1.82, 2.24) is 0 Å². The monoisotopic (exact) mass is 216 g/mol. The molecule has 0 saturated carbocycles. The zero-order chi connectivity index (χ0) is 9.59. The Hall–Kier alpha value is -0.440. The lowest BCUT2D eigenvalue weighted by Gasteiger charge is -2.10. The normalized spacial score (nSPS) is 20.4. The van der Waals surface area contributed by atoms with E-state index < -0.39 is 0 Å². The van der Waals surface area contributed by atoms with E-state index in [0.29, 0.717) is 15.7 Å². The largest absolute Gasteiger partial charge is 0.397 e. The SMILES string of the molecule is Nc1c(Cl)cc(Cl)c2c1CC[C@H]2N. The smallest absolute Gasteiger partial charge is 0.0653 e. The van der Waals surface area contributed by atoms with Crippen LogP contribution in [0.4, 0.5) is 5.69 Å². The number of nitrogen functional groups attached to an aromatic ring is 1. The molecule has 13 heavy (non-hydrogen) atoms. The van der Waals surface area contributed by atoms with Gasteiger partial charge in [0.2, 0.25) is 0 Å². The van der Waals surface area contributed by atoms with Crippen LogP contribution in [0.15, 0.2) is 6.07 Å². The molecule has 1 aromatic carbocycles. The van der Waals surface area contributed by atoms with Gasteiger partial charge in [0.05, 0.1) is 10.7 Å². The van der Waals surface area contributed by atoms with Crippen LogP contribution in [-0.2, 0) is 6.42 Å². The number of fused-ring (bicyclic) bond motifs is 1. The molecule has 2 nitrogen and oxygen atoms in total. The molecule has 0 fully saturated rings. The van der Waals surface area contributed by atoms with Crippen LogP contribution in [0.25, 0.3) is 0 Å². The first-order valence-electron chi connectivity index (χ1n) is 4.13. The summed E-state index contributed by atoms with van der Waals surface area (Å²) in [5.74, 6) is 0. The summed E-state index contributed by atoms with van der Waals surface area (Å²) in [6.07, 6.45) is 1.78. The van der Waals surface area contributed by atoms with Gasteiger partial charge in [0.1, 0.15) is 0 Å². The summed E-state index contributed by atoms with van der Waals surface area (Å²) in [5, 5.41) is 1.16. The minimum atomic E-state index is 0.0158. The topological polar surface area (TPSA) is 52.0 Å². The van der Waals surface area contributed by atoms with Crippen LogP contribution in [0.2, 0.25) is 10.0 Å². The first-order valence-corrected chi connectivity index (χ1v) is 4.88. The average molecular weight is 217 g/mol. The Labute approximate surface area is 86.8 Å². The van der Waals surface area contributed by atoms with E-state index in [9.17, 15) is 0 Å². The highest BCUT2D eigenvalue weighted by atomic mass is 35.5. The molecular formula is C9H10Cl2N2. The number of benzene rings is 1. The molecule has 1 aromatic rings. The van der Waals surface area contributed by atoms with E-state index >= 15 is 0 Å². The van der Waals surface area contributed by atoms with E-state index in [1.165, 1.54) is 0 Å². The minimum absolute atomic E-state index is 0.0158. The van der Waals surface area contributed by atoms with Gasteiger partial charge in [-0.05, 0) is 30.0 Å². The first kappa shape index (κ1) is 9.13.